The van der Waals surface area contributed by atoms with E-state index >= 15 is 0 Å². The molecule has 0 aliphatic carbocycles. The Morgan fingerprint density at radius 3 is 2.81 bits per heavy atom. The van der Waals surface area contributed by atoms with Crippen molar-refractivity contribution in [3.05, 3.63) is 24.5 Å². The van der Waals surface area contributed by atoms with Gasteiger partial charge in [-0.05, 0) is 6.42 Å². The number of nitrogens with two attached hydrogens (primary N) is 1. The normalized spacial score (nSPS) is 14.0. The fourth-order valence-electron chi connectivity index (χ4n) is 1.85. The van der Waals surface area contributed by atoms with Gasteiger partial charge in [0, 0.05) is 24.9 Å². The van der Waals surface area contributed by atoms with E-state index in [-0.39, 0.29) is 12.5 Å². The van der Waals surface area contributed by atoms with Crippen molar-refractivity contribution >= 4 is 24.6 Å². The van der Waals surface area contributed by atoms with Gasteiger partial charge in [0.15, 0.2) is 11.5 Å². The second-order valence-electron chi connectivity index (χ2n) is 4.53. The van der Waals surface area contributed by atoms with E-state index in [0.29, 0.717) is 29.9 Å². The molecule has 0 saturated heterocycles. The van der Waals surface area contributed by atoms with Gasteiger partial charge in [0.05, 0.1) is 6.33 Å². The zero-order chi connectivity index (χ0) is 15.5. The Morgan fingerprint density at radius 2 is 2.14 bits per heavy atom. The lowest BCUT2D eigenvalue weighted by Gasteiger charge is -2.10. The van der Waals surface area contributed by atoms with E-state index in [1.807, 2.05) is 0 Å². The van der Waals surface area contributed by atoms with Gasteiger partial charge >= 0.3 is 7.60 Å². The van der Waals surface area contributed by atoms with Crippen LogP contribution in [0.2, 0.25) is 0 Å². The van der Waals surface area contributed by atoms with Crippen molar-refractivity contribution < 1.29 is 19.5 Å². The van der Waals surface area contributed by atoms with Crippen molar-refractivity contribution in [1.82, 2.24) is 19.5 Å². The molecule has 0 radical (unpaired) electrons. The van der Waals surface area contributed by atoms with Crippen molar-refractivity contribution in [2.24, 2.45) is 5.92 Å². The summed E-state index contributed by atoms with van der Waals surface area (Å²) in [4.78, 5) is 29.6. The molecule has 0 saturated carbocycles. The summed E-state index contributed by atoms with van der Waals surface area (Å²) >= 11 is 0. The van der Waals surface area contributed by atoms with Crippen LogP contribution in [0.15, 0.2) is 24.5 Å². The lowest BCUT2D eigenvalue weighted by Crippen LogP contribution is -2.08. The second kappa shape index (κ2) is 6.31. The maximum Gasteiger partial charge on any atom is 0.348 e. The minimum absolute atomic E-state index is 0.208. The number of aliphatic hydroxyl groups excluding tert-OH is 1. The molecule has 0 aliphatic heterocycles. The first-order valence-corrected chi connectivity index (χ1v) is 7.85. The highest BCUT2D eigenvalue weighted by Gasteiger charge is 2.12. The van der Waals surface area contributed by atoms with Gasteiger partial charge < -0.3 is 25.2 Å². The summed E-state index contributed by atoms with van der Waals surface area (Å²) in [6.07, 6.45) is 4.70. The van der Waals surface area contributed by atoms with E-state index in [1.165, 1.54) is 12.4 Å². The molecule has 2 aromatic rings. The molecule has 10 heteroatoms. The molecule has 1 atom stereocenters. The maximum atomic E-state index is 10.8. The van der Waals surface area contributed by atoms with Gasteiger partial charge in [0.1, 0.15) is 11.8 Å². The van der Waals surface area contributed by atoms with Crippen LogP contribution in [0.3, 0.4) is 0 Å². The second-order valence-corrected chi connectivity index (χ2v) is 6.01. The van der Waals surface area contributed by atoms with Crippen LogP contribution in [0.4, 0.5) is 5.82 Å². The van der Waals surface area contributed by atoms with Gasteiger partial charge in [-0.15, -0.1) is 0 Å². The molecule has 0 bridgehead atoms. The maximum absolute atomic E-state index is 10.8. The van der Waals surface area contributed by atoms with Crippen molar-refractivity contribution in [3.63, 3.8) is 0 Å². The van der Waals surface area contributed by atoms with E-state index in [2.05, 4.69) is 15.0 Å². The number of hydrogen-bond donors (Lipinski definition) is 4. The lowest BCUT2D eigenvalue weighted by atomic mass is 10.1. The molecule has 1 unspecified atom stereocenters. The van der Waals surface area contributed by atoms with Gasteiger partial charge in [0.25, 0.3) is 0 Å². The number of aromatic nitrogens is 4. The van der Waals surface area contributed by atoms with Gasteiger partial charge in [-0.25, -0.2) is 15.0 Å². The zero-order valence-electron chi connectivity index (χ0n) is 11.1. The number of anilines is 1. The van der Waals surface area contributed by atoms with Gasteiger partial charge in [-0.3, -0.25) is 4.57 Å². The van der Waals surface area contributed by atoms with Crippen LogP contribution >= 0.6 is 7.60 Å². The molecule has 0 aliphatic rings. The van der Waals surface area contributed by atoms with Crippen LogP contribution in [0.5, 0.6) is 0 Å². The van der Waals surface area contributed by atoms with E-state index in [9.17, 15) is 9.67 Å². The van der Waals surface area contributed by atoms with E-state index in [0.717, 1.165) is 5.82 Å². The minimum Gasteiger partial charge on any atom is -0.396 e. The van der Waals surface area contributed by atoms with Gasteiger partial charge in [0.2, 0.25) is 0 Å². The van der Waals surface area contributed by atoms with Crippen LogP contribution in [0, 0.1) is 5.92 Å². The first kappa shape index (κ1) is 15.6. The van der Waals surface area contributed by atoms with Crippen LogP contribution in [0.1, 0.15) is 6.42 Å². The predicted molar refractivity (Wildman–Crippen MR) is 76.1 cm³/mol. The third kappa shape index (κ3) is 4.08. The Labute approximate surface area is 120 Å². The number of imidazole rings is 1. The van der Waals surface area contributed by atoms with Crippen molar-refractivity contribution in [1.29, 1.82) is 0 Å². The predicted octanol–water partition coefficient (Wildman–Crippen LogP) is 0.0985. The SMILES string of the molecule is Nc1ncnc2c1ncn2CCC(/C=C/P(=O)(O)O)CO. The molecule has 114 valence electrons. The first-order valence-electron chi connectivity index (χ1n) is 6.17. The number of nitrogens with zero attached hydrogens (tertiary/aromatic N) is 4. The van der Waals surface area contributed by atoms with Crippen LogP contribution in [-0.2, 0) is 11.1 Å². The molecule has 2 aromatic heterocycles. The van der Waals surface area contributed by atoms with Crippen molar-refractivity contribution in [2.45, 2.75) is 13.0 Å². The summed E-state index contributed by atoms with van der Waals surface area (Å²) in [5, 5.41) is 9.23. The summed E-state index contributed by atoms with van der Waals surface area (Å²) in [7, 11) is -4.21. The highest BCUT2D eigenvalue weighted by atomic mass is 31.2. The van der Waals surface area contributed by atoms with Crippen molar-refractivity contribution in [2.75, 3.05) is 12.3 Å². The average molecular weight is 313 g/mol. The zero-order valence-corrected chi connectivity index (χ0v) is 12.0. The monoisotopic (exact) mass is 313 g/mol. The molecule has 2 heterocycles. The number of rotatable bonds is 6. The molecule has 9 nitrogen and oxygen atoms in total. The lowest BCUT2D eigenvalue weighted by molar-refractivity contribution is 0.242. The molecule has 0 spiro atoms. The molecule has 21 heavy (non-hydrogen) atoms. The van der Waals surface area contributed by atoms with Gasteiger partial charge in [-0.1, -0.05) is 6.08 Å². The Balaban J connectivity index is 2.08. The third-order valence-corrected chi connectivity index (χ3v) is 3.52. The third-order valence-electron chi connectivity index (χ3n) is 2.96. The number of hydrogen-bond acceptors (Lipinski definition) is 6. The summed E-state index contributed by atoms with van der Waals surface area (Å²) in [5.74, 6) is 0.730. The smallest absolute Gasteiger partial charge is 0.348 e. The molecule has 2 rings (SSSR count). The molecule has 0 amide bonds. The van der Waals surface area contributed by atoms with Crippen molar-refractivity contribution in [3.8, 4) is 0 Å². The summed E-state index contributed by atoms with van der Waals surface area (Å²) in [5.41, 5.74) is 6.77. The van der Waals surface area contributed by atoms with Crippen LogP contribution < -0.4 is 5.73 Å². The molecular weight excluding hydrogens is 297 g/mol. The Bertz CT molecular complexity index is 695. The highest BCUT2D eigenvalue weighted by Crippen LogP contribution is 2.36. The number of nitrogen functional groups attached to an aromatic ring is 1. The standard InChI is InChI=1S/C11H16N5O4P/c12-10-9-11(14-6-13-10)16(7-15-9)3-1-8(5-17)2-4-21(18,19)20/h2,4,6-8,17H,1,3,5H2,(H2,12,13,14)(H2,18,19,20)/b4-2+. The molecule has 0 aromatic carbocycles. The Hall–Kier alpha value is -1.80. The largest absolute Gasteiger partial charge is 0.396 e. The first-order chi connectivity index (χ1) is 9.90. The van der Waals surface area contributed by atoms with E-state index in [1.54, 1.807) is 10.9 Å². The quantitative estimate of drug-likeness (QED) is 0.549. The van der Waals surface area contributed by atoms with E-state index < -0.39 is 7.60 Å². The Morgan fingerprint density at radius 1 is 1.38 bits per heavy atom. The van der Waals surface area contributed by atoms with Crippen LogP contribution in [0.25, 0.3) is 11.2 Å². The summed E-state index contributed by atoms with van der Waals surface area (Å²) in [6.45, 7) is 0.268. The van der Waals surface area contributed by atoms with Crippen LogP contribution in [-0.4, -0.2) is 41.0 Å². The van der Waals surface area contributed by atoms with Gasteiger partial charge in [-0.2, -0.15) is 0 Å². The Kier molecular flexibility index (Phi) is 4.69. The average Bonchev–Trinajstić information content (AvgIpc) is 2.83. The molecule has 5 N–H and O–H groups in total. The minimum atomic E-state index is -4.21. The highest BCUT2D eigenvalue weighted by molar-refractivity contribution is 7.55. The molecule has 0 fully saturated rings. The van der Waals surface area contributed by atoms with E-state index in [4.69, 9.17) is 15.5 Å². The molecular formula is C11H16N5O4P. The number of aryl methyl sites for hydroxylation is 1. The summed E-state index contributed by atoms with van der Waals surface area (Å²) < 4.78 is 12.5. The summed E-state index contributed by atoms with van der Waals surface area (Å²) in [6, 6.07) is 0. The fraction of sp³-hybridized carbons (Fsp3) is 0.364. The number of fused-ring (bicyclic) bond motifs is 1. The number of aliphatic hydroxyl groups is 1. The fourth-order valence-corrected chi connectivity index (χ4v) is 2.32. The topological polar surface area (TPSA) is 147 Å².